The lowest BCUT2D eigenvalue weighted by atomic mass is 9.99. The van der Waals surface area contributed by atoms with Gasteiger partial charge in [-0.1, -0.05) is 25.4 Å². The minimum Gasteiger partial charge on any atom is -0.327 e. The molecule has 5 nitrogen and oxygen atoms in total. The third-order valence-electron chi connectivity index (χ3n) is 2.40. The number of rotatable bonds is 4. The van der Waals surface area contributed by atoms with Crippen LogP contribution in [-0.2, 0) is 6.42 Å². The molecule has 6 heteroatoms. The summed E-state index contributed by atoms with van der Waals surface area (Å²) in [6.07, 6.45) is 1.78. The standard InChI is InChI=1S/C10H14ClN3O2/c1-6(2)8(12)4-9-10(14(15)16)3-7(11)5-13-9/h3,5-6,8H,4,12H2,1-2H3. The molecular formula is C10H14ClN3O2. The van der Waals surface area contributed by atoms with Gasteiger partial charge in [0.05, 0.1) is 9.95 Å². The summed E-state index contributed by atoms with van der Waals surface area (Å²) in [5.41, 5.74) is 6.18. The van der Waals surface area contributed by atoms with E-state index in [-0.39, 0.29) is 22.7 Å². The fourth-order valence-electron chi connectivity index (χ4n) is 1.23. The SMILES string of the molecule is CC(C)C(N)Cc1ncc(Cl)cc1[N+](=O)[O-]. The van der Waals surface area contributed by atoms with Crippen molar-refractivity contribution < 1.29 is 4.92 Å². The fraction of sp³-hybridized carbons (Fsp3) is 0.500. The first kappa shape index (κ1) is 12.9. The second-order valence-corrected chi connectivity index (χ2v) is 4.42. The molecule has 1 heterocycles. The summed E-state index contributed by atoms with van der Waals surface area (Å²) in [6.45, 7) is 3.93. The molecule has 1 aromatic heterocycles. The summed E-state index contributed by atoms with van der Waals surface area (Å²) < 4.78 is 0. The number of nitro groups is 1. The summed E-state index contributed by atoms with van der Waals surface area (Å²) in [6, 6.07) is 1.16. The lowest BCUT2D eigenvalue weighted by Gasteiger charge is -2.14. The molecule has 0 saturated heterocycles. The number of hydrogen-bond donors (Lipinski definition) is 1. The van der Waals surface area contributed by atoms with Crippen LogP contribution in [0.25, 0.3) is 0 Å². The minimum atomic E-state index is -0.485. The van der Waals surface area contributed by atoms with E-state index in [0.29, 0.717) is 12.1 Å². The van der Waals surface area contributed by atoms with Crippen LogP contribution in [0.2, 0.25) is 5.02 Å². The van der Waals surface area contributed by atoms with Crippen LogP contribution in [0, 0.1) is 16.0 Å². The lowest BCUT2D eigenvalue weighted by Crippen LogP contribution is -2.29. The Kier molecular flexibility index (Phi) is 4.20. The molecule has 0 spiro atoms. The average molecular weight is 244 g/mol. The normalized spacial score (nSPS) is 12.8. The fourth-order valence-corrected chi connectivity index (χ4v) is 1.38. The quantitative estimate of drug-likeness (QED) is 0.649. The van der Waals surface area contributed by atoms with Gasteiger partial charge in [-0.25, -0.2) is 0 Å². The second kappa shape index (κ2) is 5.23. The van der Waals surface area contributed by atoms with Crippen molar-refractivity contribution in [2.24, 2.45) is 11.7 Å². The molecule has 0 saturated carbocycles. The molecule has 0 amide bonds. The van der Waals surface area contributed by atoms with Gasteiger partial charge in [0.1, 0.15) is 5.69 Å². The van der Waals surface area contributed by atoms with Crippen LogP contribution >= 0.6 is 11.6 Å². The Labute approximate surface area is 98.8 Å². The Balaban J connectivity index is 2.99. The van der Waals surface area contributed by atoms with Crippen LogP contribution in [-0.4, -0.2) is 15.9 Å². The Morgan fingerprint density at radius 2 is 2.25 bits per heavy atom. The van der Waals surface area contributed by atoms with Crippen molar-refractivity contribution in [2.45, 2.75) is 26.3 Å². The van der Waals surface area contributed by atoms with E-state index in [1.807, 2.05) is 13.8 Å². The van der Waals surface area contributed by atoms with E-state index in [2.05, 4.69) is 4.98 Å². The van der Waals surface area contributed by atoms with Gasteiger partial charge >= 0.3 is 0 Å². The molecule has 88 valence electrons. The smallest absolute Gasteiger partial charge is 0.292 e. The van der Waals surface area contributed by atoms with E-state index in [0.717, 1.165) is 0 Å². The van der Waals surface area contributed by atoms with Gasteiger partial charge in [0.25, 0.3) is 5.69 Å². The molecule has 16 heavy (non-hydrogen) atoms. The Hall–Kier alpha value is -1.20. The number of halogens is 1. The number of pyridine rings is 1. The van der Waals surface area contributed by atoms with Crippen LogP contribution in [0.5, 0.6) is 0 Å². The Bertz CT molecular complexity index is 396. The highest BCUT2D eigenvalue weighted by atomic mass is 35.5. The zero-order chi connectivity index (χ0) is 12.3. The van der Waals surface area contributed by atoms with Crippen molar-refractivity contribution >= 4 is 17.3 Å². The molecule has 0 radical (unpaired) electrons. The molecule has 0 aliphatic rings. The maximum Gasteiger partial charge on any atom is 0.292 e. The van der Waals surface area contributed by atoms with Crippen molar-refractivity contribution in [3.05, 3.63) is 33.1 Å². The van der Waals surface area contributed by atoms with Crippen molar-refractivity contribution in [3.63, 3.8) is 0 Å². The Morgan fingerprint density at radius 3 is 2.75 bits per heavy atom. The molecule has 0 aromatic carbocycles. The van der Waals surface area contributed by atoms with Gasteiger partial charge in [-0.2, -0.15) is 0 Å². The average Bonchev–Trinajstić information content (AvgIpc) is 2.20. The second-order valence-electron chi connectivity index (χ2n) is 3.99. The molecule has 0 bridgehead atoms. The molecule has 1 rings (SSSR count). The van der Waals surface area contributed by atoms with E-state index in [1.54, 1.807) is 0 Å². The van der Waals surface area contributed by atoms with E-state index >= 15 is 0 Å². The summed E-state index contributed by atoms with van der Waals surface area (Å²) >= 11 is 5.66. The number of hydrogen-bond acceptors (Lipinski definition) is 4. The van der Waals surface area contributed by atoms with Crippen molar-refractivity contribution in [1.82, 2.24) is 4.98 Å². The van der Waals surface area contributed by atoms with Gasteiger partial charge < -0.3 is 5.73 Å². The van der Waals surface area contributed by atoms with Crippen molar-refractivity contribution in [1.29, 1.82) is 0 Å². The summed E-state index contributed by atoms with van der Waals surface area (Å²) in [5.74, 6) is 0.247. The molecule has 2 N–H and O–H groups in total. The van der Waals surface area contributed by atoms with Crippen LogP contribution in [0.15, 0.2) is 12.3 Å². The summed E-state index contributed by atoms with van der Waals surface area (Å²) in [7, 11) is 0. The van der Waals surface area contributed by atoms with Crippen molar-refractivity contribution in [3.8, 4) is 0 Å². The van der Waals surface area contributed by atoms with Crippen LogP contribution in [0.4, 0.5) is 5.69 Å². The highest BCUT2D eigenvalue weighted by Crippen LogP contribution is 2.22. The zero-order valence-electron chi connectivity index (χ0n) is 9.18. The van der Waals surface area contributed by atoms with Gasteiger partial charge in [-0.05, 0) is 5.92 Å². The number of nitrogens with two attached hydrogens (primary N) is 1. The third kappa shape index (κ3) is 3.15. The Morgan fingerprint density at radius 1 is 1.62 bits per heavy atom. The van der Waals surface area contributed by atoms with E-state index < -0.39 is 4.92 Å². The summed E-state index contributed by atoms with van der Waals surface area (Å²) in [5, 5.41) is 11.0. The first-order valence-electron chi connectivity index (χ1n) is 4.96. The zero-order valence-corrected chi connectivity index (χ0v) is 9.94. The van der Waals surface area contributed by atoms with E-state index in [4.69, 9.17) is 17.3 Å². The van der Waals surface area contributed by atoms with Gasteiger partial charge in [0.2, 0.25) is 0 Å². The molecular weight excluding hydrogens is 230 g/mol. The van der Waals surface area contributed by atoms with Crippen LogP contribution < -0.4 is 5.73 Å². The predicted molar refractivity (Wildman–Crippen MR) is 62.4 cm³/mol. The van der Waals surface area contributed by atoms with Gasteiger partial charge in [0, 0.05) is 24.7 Å². The minimum absolute atomic E-state index is 0.0661. The molecule has 0 fully saturated rings. The van der Waals surface area contributed by atoms with E-state index in [9.17, 15) is 10.1 Å². The van der Waals surface area contributed by atoms with Crippen LogP contribution in [0.1, 0.15) is 19.5 Å². The van der Waals surface area contributed by atoms with Gasteiger partial charge in [0.15, 0.2) is 0 Å². The summed E-state index contributed by atoms with van der Waals surface area (Å²) in [4.78, 5) is 14.3. The van der Waals surface area contributed by atoms with E-state index in [1.165, 1.54) is 12.3 Å². The monoisotopic (exact) mass is 243 g/mol. The lowest BCUT2D eigenvalue weighted by molar-refractivity contribution is -0.386. The number of nitrogens with zero attached hydrogens (tertiary/aromatic N) is 2. The maximum atomic E-state index is 10.8. The highest BCUT2D eigenvalue weighted by Gasteiger charge is 2.19. The molecule has 0 aliphatic heterocycles. The molecule has 0 aliphatic carbocycles. The topological polar surface area (TPSA) is 82.0 Å². The molecule has 1 unspecified atom stereocenters. The number of aromatic nitrogens is 1. The first-order valence-corrected chi connectivity index (χ1v) is 5.34. The maximum absolute atomic E-state index is 10.8. The van der Waals surface area contributed by atoms with Gasteiger partial charge in [-0.3, -0.25) is 15.1 Å². The third-order valence-corrected chi connectivity index (χ3v) is 2.60. The predicted octanol–water partition coefficient (Wildman–Crippen LogP) is 2.17. The molecule has 1 aromatic rings. The first-order chi connectivity index (χ1) is 7.41. The highest BCUT2D eigenvalue weighted by molar-refractivity contribution is 6.30. The van der Waals surface area contributed by atoms with Crippen molar-refractivity contribution in [2.75, 3.05) is 0 Å². The molecule has 1 atom stereocenters. The van der Waals surface area contributed by atoms with Crippen LogP contribution in [0.3, 0.4) is 0 Å². The largest absolute Gasteiger partial charge is 0.327 e. The van der Waals surface area contributed by atoms with Gasteiger partial charge in [-0.15, -0.1) is 0 Å².